The smallest absolute Gasteiger partial charge is 0.288 e. The minimum atomic E-state index is -0.498. The van der Waals surface area contributed by atoms with Crippen molar-refractivity contribution in [3.63, 3.8) is 0 Å². The van der Waals surface area contributed by atoms with Gasteiger partial charge in [0, 0.05) is 32.5 Å². The molecule has 1 N–H and O–H groups in total. The fraction of sp³-hybridized carbons (Fsp3) is 0.500. The molecule has 0 aliphatic heterocycles. The highest BCUT2D eigenvalue weighted by molar-refractivity contribution is 6.33. The van der Waals surface area contributed by atoms with E-state index < -0.39 is 4.92 Å². The highest BCUT2D eigenvalue weighted by Crippen LogP contribution is 2.30. The molecular weight excluding hydrogens is 272 g/mol. The van der Waals surface area contributed by atoms with Crippen molar-refractivity contribution in [2.75, 3.05) is 32.7 Å². The Morgan fingerprint density at radius 3 is 2.68 bits per heavy atom. The van der Waals surface area contributed by atoms with Gasteiger partial charge in [-0.05, 0) is 18.6 Å². The SMILES string of the molecule is COCC(CNc1cc(Cl)c([N+](=O)[O-])cc1C)OC. The Hall–Kier alpha value is -1.37. The van der Waals surface area contributed by atoms with E-state index in [0.717, 1.165) is 11.3 Å². The van der Waals surface area contributed by atoms with E-state index in [-0.39, 0.29) is 16.8 Å². The molecule has 19 heavy (non-hydrogen) atoms. The Balaban J connectivity index is 2.79. The van der Waals surface area contributed by atoms with E-state index in [9.17, 15) is 10.1 Å². The largest absolute Gasteiger partial charge is 0.382 e. The lowest BCUT2D eigenvalue weighted by Crippen LogP contribution is -2.26. The maximum atomic E-state index is 10.7. The standard InChI is InChI=1S/C12H17ClN2O4/c1-8-4-12(15(16)17)10(13)5-11(8)14-6-9(19-3)7-18-2/h4-5,9,14H,6-7H2,1-3H3. The van der Waals surface area contributed by atoms with E-state index in [1.54, 1.807) is 27.2 Å². The molecular formula is C12H17ClN2O4. The topological polar surface area (TPSA) is 73.6 Å². The second-order valence-electron chi connectivity index (χ2n) is 4.07. The molecule has 7 heteroatoms. The van der Waals surface area contributed by atoms with Crippen molar-refractivity contribution < 1.29 is 14.4 Å². The minimum absolute atomic E-state index is 0.0927. The van der Waals surface area contributed by atoms with Crippen molar-refractivity contribution in [1.29, 1.82) is 0 Å². The van der Waals surface area contributed by atoms with Gasteiger partial charge < -0.3 is 14.8 Å². The third-order valence-electron chi connectivity index (χ3n) is 2.70. The van der Waals surface area contributed by atoms with E-state index in [2.05, 4.69) is 5.32 Å². The van der Waals surface area contributed by atoms with Gasteiger partial charge in [0.15, 0.2) is 0 Å². The lowest BCUT2D eigenvalue weighted by molar-refractivity contribution is -0.384. The second kappa shape index (κ2) is 7.28. The predicted molar refractivity (Wildman–Crippen MR) is 74.0 cm³/mol. The molecule has 0 aliphatic carbocycles. The summed E-state index contributed by atoms with van der Waals surface area (Å²) in [5.41, 5.74) is 1.40. The number of anilines is 1. The van der Waals surface area contributed by atoms with E-state index in [0.29, 0.717) is 13.2 Å². The Morgan fingerprint density at radius 2 is 2.16 bits per heavy atom. The number of nitrogens with one attached hydrogen (secondary N) is 1. The van der Waals surface area contributed by atoms with Gasteiger partial charge in [-0.1, -0.05) is 11.6 Å². The summed E-state index contributed by atoms with van der Waals surface area (Å²) in [5.74, 6) is 0. The third kappa shape index (κ3) is 4.34. The number of nitro benzene ring substituents is 1. The van der Waals surface area contributed by atoms with Gasteiger partial charge in [0.05, 0.1) is 17.6 Å². The van der Waals surface area contributed by atoms with Crippen LogP contribution >= 0.6 is 11.6 Å². The van der Waals surface area contributed by atoms with Gasteiger partial charge in [0.2, 0.25) is 0 Å². The van der Waals surface area contributed by atoms with Gasteiger partial charge >= 0.3 is 0 Å². The first-order valence-electron chi connectivity index (χ1n) is 5.69. The van der Waals surface area contributed by atoms with Crippen molar-refractivity contribution in [2.24, 2.45) is 0 Å². The van der Waals surface area contributed by atoms with Crippen LogP contribution in [-0.4, -0.2) is 38.4 Å². The quantitative estimate of drug-likeness (QED) is 0.617. The van der Waals surface area contributed by atoms with Crippen LogP contribution in [0.3, 0.4) is 0 Å². The first kappa shape index (κ1) is 15.7. The number of methoxy groups -OCH3 is 2. The van der Waals surface area contributed by atoms with Crippen molar-refractivity contribution in [3.8, 4) is 0 Å². The summed E-state index contributed by atoms with van der Waals surface area (Å²) in [4.78, 5) is 10.2. The molecule has 0 fully saturated rings. The highest BCUT2D eigenvalue weighted by atomic mass is 35.5. The van der Waals surface area contributed by atoms with Gasteiger partial charge in [-0.15, -0.1) is 0 Å². The summed E-state index contributed by atoms with van der Waals surface area (Å²) in [6.45, 7) is 2.77. The van der Waals surface area contributed by atoms with Crippen molar-refractivity contribution in [2.45, 2.75) is 13.0 Å². The summed E-state index contributed by atoms with van der Waals surface area (Å²) in [6, 6.07) is 3.00. The van der Waals surface area contributed by atoms with Crippen LogP contribution in [0.4, 0.5) is 11.4 Å². The molecule has 106 valence electrons. The summed E-state index contributed by atoms with van der Waals surface area (Å²) in [5, 5.41) is 14.0. The number of nitro groups is 1. The van der Waals surface area contributed by atoms with Gasteiger partial charge in [0.25, 0.3) is 5.69 Å². The average molecular weight is 289 g/mol. The Labute approximate surface area is 116 Å². The van der Waals surface area contributed by atoms with Crippen LogP contribution in [0.2, 0.25) is 5.02 Å². The van der Waals surface area contributed by atoms with Gasteiger partial charge in [-0.3, -0.25) is 10.1 Å². The average Bonchev–Trinajstić information content (AvgIpc) is 2.37. The van der Waals surface area contributed by atoms with Crippen LogP contribution in [0.5, 0.6) is 0 Å². The molecule has 1 rings (SSSR count). The van der Waals surface area contributed by atoms with Gasteiger partial charge in [-0.25, -0.2) is 0 Å². The Kier molecular flexibility index (Phi) is 6.01. The number of halogens is 1. The van der Waals surface area contributed by atoms with Crippen molar-refractivity contribution in [1.82, 2.24) is 0 Å². The highest BCUT2D eigenvalue weighted by Gasteiger charge is 2.15. The molecule has 1 unspecified atom stereocenters. The van der Waals surface area contributed by atoms with Gasteiger partial charge in [-0.2, -0.15) is 0 Å². The fourth-order valence-electron chi connectivity index (χ4n) is 1.62. The number of hydrogen-bond donors (Lipinski definition) is 1. The molecule has 0 spiro atoms. The monoisotopic (exact) mass is 288 g/mol. The number of aryl methyl sites for hydroxylation is 1. The first-order valence-corrected chi connectivity index (χ1v) is 6.07. The zero-order chi connectivity index (χ0) is 14.4. The lowest BCUT2D eigenvalue weighted by atomic mass is 10.1. The lowest BCUT2D eigenvalue weighted by Gasteiger charge is -2.17. The van der Waals surface area contributed by atoms with Crippen LogP contribution < -0.4 is 5.32 Å². The third-order valence-corrected chi connectivity index (χ3v) is 3.00. The molecule has 0 radical (unpaired) electrons. The van der Waals surface area contributed by atoms with Crippen LogP contribution in [0.25, 0.3) is 0 Å². The minimum Gasteiger partial charge on any atom is -0.382 e. The van der Waals surface area contributed by atoms with Crippen molar-refractivity contribution in [3.05, 3.63) is 32.8 Å². The predicted octanol–water partition coefficient (Wildman–Crippen LogP) is 2.63. The zero-order valence-electron chi connectivity index (χ0n) is 11.1. The summed E-state index contributed by atoms with van der Waals surface area (Å²) < 4.78 is 10.2. The second-order valence-corrected chi connectivity index (χ2v) is 4.48. The van der Waals surface area contributed by atoms with Crippen LogP contribution in [-0.2, 0) is 9.47 Å². The van der Waals surface area contributed by atoms with Gasteiger partial charge in [0.1, 0.15) is 5.02 Å². The van der Waals surface area contributed by atoms with E-state index in [1.807, 2.05) is 0 Å². The van der Waals surface area contributed by atoms with E-state index in [4.69, 9.17) is 21.1 Å². The molecule has 0 bridgehead atoms. The molecule has 0 aliphatic rings. The molecule has 0 heterocycles. The van der Waals surface area contributed by atoms with E-state index in [1.165, 1.54) is 6.07 Å². The number of hydrogen-bond acceptors (Lipinski definition) is 5. The van der Waals surface area contributed by atoms with Crippen LogP contribution in [0.15, 0.2) is 12.1 Å². The number of rotatable bonds is 7. The molecule has 6 nitrogen and oxygen atoms in total. The number of ether oxygens (including phenoxy) is 2. The van der Waals surface area contributed by atoms with E-state index >= 15 is 0 Å². The molecule has 1 aromatic carbocycles. The maximum absolute atomic E-state index is 10.7. The number of nitrogens with zero attached hydrogens (tertiary/aromatic N) is 1. The maximum Gasteiger partial charge on any atom is 0.288 e. The molecule has 0 saturated heterocycles. The molecule has 1 atom stereocenters. The Bertz CT molecular complexity index is 454. The molecule has 0 aromatic heterocycles. The van der Waals surface area contributed by atoms with Crippen molar-refractivity contribution >= 4 is 23.0 Å². The first-order chi connectivity index (χ1) is 8.99. The number of benzene rings is 1. The molecule has 1 aromatic rings. The van der Waals surface area contributed by atoms with Crippen LogP contribution in [0.1, 0.15) is 5.56 Å². The normalized spacial score (nSPS) is 12.2. The molecule has 0 amide bonds. The Morgan fingerprint density at radius 1 is 1.47 bits per heavy atom. The summed E-state index contributed by atoms with van der Waals surface area (Å²) >= 11 is 5.87. The summed E-state index contributed by atoms with van der Waals surface area (Å²) in [7, 11) is 3.20. The molecule has 0 saturated carbocycles. The summed E-state index contributed by atoms with van der Waals surface area (Å²) in [6.07, 6.45) is -0.0987. The zero-order valence-corrected chi connectivity index (χ0v) is 11.9. The fourth-order valence-corrected chi connectivity index (χ4v) is 1.85. The van der Waals surface area contributed by atoms with Crippen LogP contribution in [0, 0.1) is 17.0 Å².